The van der Waals surface area contributed by atoms with Crippen LogP contribution in [0.1, 0.15) is 36.3 Å². The molecule has 3 aromatic rings. The molecular weight excluding hydrogens is 326 g/mol. The SMILES string of the molecule is CC[C@@H](NC(=O)Cn1c(C)nc2ccccc2c1=O)c1ccc(C)cc1. The van der Waals surface area contributed by atoms with Gasteiger partial charge in [0.25, 0.3) is 5.56 Å². The minimum atomic E-state index is -0.195. The quantitative estimate of drug-likeness (QED) is 0.769. The zero-order valence-electron chi connectivity index (χ0n) is 15.3. The lowest BCUT2D eigenvalue weighted by Gasteiger charge is -2.19. The van der Waals surface area contributed by atoms with Crippen molar-refractivity contribution >= 4 is 16.8 Å². The lowest BCUT2D eigenvalue weighted by molar-refractivity contribution is -0.122. The van der Waals surface area contributed by atoms with Crippen molar-refractivity contribution < 1.29 is 4.79 Å². The highest BCUT2D eigenvalue weighted by Crippen LogP contribution is 2.17. The van der Waals surface area contributed by atoms with Gasteiger partial charge in [-0.15, -0.1) is 0 Å². The van der Waals surface area contributed by atoms with E-state index in [0.717, 1.165) is 12.0 Å². The Morgan fingerprint density at radius 2 is 1.81 bits per heavy atom. The second kappa shape index (κ2) is 7.52. The molecule has 3 rings (SSSR count). The van der Waals surface area contributed by atoms with Crippen molar-refractivity contribution in [1.29, 1.82) is 0 Å². The summed E-state index contributed by atoms with van der Waals surface area (Å²) in [6.07, 6.45) is 0.776. The van der Waals surface area contributed by atoms with Crippen LogP contribution in [0.3, 0.4) is 0 Å². The van der Waals surface area contributed by atoms with E-state index < -0.39 is 0 Å². The predicted molar refractivity (Wildman–Crippen MR) is 103 cm³/mol. The standard InChI is InChI=1S/C21H23N3O2/c1-4-18(16-11-9-14(2)10-12-16)23-20(25)13-24-15(3)22-19-8-6-5-7-17(19)21(24)26/h5-12,18H,4,13H2,1-3H3,(H,23,25)/t18-/m1/s1. The molecule has 5 nitrogen and oxygen atoms in total. The predicted octanol–water partition coefficient (Wildman–Crippen LogP) is 3.28. The maximum atomic E-state index is 12.7. The van der Waals surface area contributed by atoms with Crippen molar-refractivity contribution in [1.82, 2.24) is 14.9 Å². The lowest BCUT2D eigenvalue weighted by Crippen LogP contribution is -2.35. The molecule has 0 bridgehead atoms. The molecule has 5 heteroatoms. The fourth-order valence-electron chi connectivity index (χ4n) is 3.07. The van der Waals surface area contributed by atoms with Gasteiger partial charge in [0, 0.05) is 0 Å². The third kappa shape index (κ3) is 3.67. The Hall–Kier alpha value is -2.95. The monoisotopic (exact) mass is 349 g/mol. The van der Waals surface area contributed by atoms with Gasteiger partial charge in [-0.2, -0.15) is 0 Å². The summed E-state index contributed by atoms with van der Waals surface area (Å²) in [6.45, 7) is 5.77. The number of carbonyl (C=O) groups is 1. The molecule has 1 amide bonds. The molecule has 0 aliphatic carbocycles. The summed E-state index contributed by atoms with van der Waals surface area (Å²) in [5, 5.41) is 3.55. The van der Waals surface area contributed by atoms with Crippen LogP contribution >= 0.6 is 0 Å². The molecule has 134 valence electrons. The van der Waals surface area contributed by atoms with Gasteiger partial charge < -0.3 is 5.32 Å². The summed E-state index contributed by atoms with van der Waals surface area (Å²) in [7, 11) is 0. The molecule has 0 spiro atoms. The summed E-state index contributed by atoms with van der Waals surface area (Å²) >= 11 is 0. The van der Waals surface area contributed by atoms with Crippen LogP contribution in [0.4, 0.5) is 0 Å². The summed E-state index contributed by atoms with van der Waals surface area (Å²) in [4.78, 5) is 29.7. The maximum absolute atomic E-state index is 12.7. The van der Waals surface area contributed by atoms with E-state index in [0.29, 0.717) is 16.7 Å². The van der Waals surface area contributed by atoms with E-state index >= 15 is 0 Å². The van der Waals surface area contributed by atoms with Gasteiger partial charge in [-0.05, 0) is 38.0 Å². The van der Waals surface area contributed by atoms with Crippen LogP contribution in [0.2, 0.25) is 0 Å². The molecule has 26 heavy (non-hydrogen) atoms. The number of benzene rings is 2. The average molecular weight is 349 g/mol. The van der Waals surface area contributed by atoms with Crippen LogP contribution in [0, 0.1) is 13.8 Å². The van der Waals surface area contributed by atoms with E-state index in [1.54, 1.807) is 25.1 Å². The van der Waals surface area contributed by atoms with Crippen LogP contribution in [0.15, 0.2) is 53.3 Å². The van der Waals surface area contributed by atoms with E-state index in [2.05, 4.69) is 10.3 Å². The second-order valence-electron chi connectivity index (χ2n) is 6.51. The highest BCUT2D eigenvalue weighted by Gasteiger charge is 2.15. The Morgan fingerprint density at radius 1 is 1.12 bits per heavy atom. The van der Waals surface area contributed by atoms with Gasteiger partial charge >= 0.3 is 0 Å². The van der Waals surface area contributed by atoms with Crippen molar-refractivity contribution in [2.45, 2.75) is 39.8 Å². The van der Waals surface area contributed by atoms with Crippen LogP contribution in [0.25, 0.3) is 10.9 Å². The number of nitrogens with zero attached hydrogens (tertiary/aromatic N) is 2. The van der Waals surface area contributed by atoms with E-state index in [1.165, 1.54) is 10.1 Å². The van der Waals surface area contributed by atoms with Crippen LogP contribution in [0.5, 0.6) is 0 Å². The topological polar surface area (TPSA) is 64.0 Å². The van der Waals surface area contributed by atoms with Crippen molar-refractivity contribution in [3.8, 4) is 0 Å². The second-order valence-corrected chi connectivity index (χ2v) is 6.51. The molecule has 1 N–H and O–H groups in total. The molecule has 2 aromatic carbocycles. The number of hydrogen-bond acceptors (Lipinski definition) is 3. The third-order valence-corrected chi connectivity index (χ3v) is 4.58. The minimum Gasteiger partial charge on any atom is -0.348 e. The zero-order valence-corrected chi connectivity index (χ0v) is 15.3. The minimum absolute atomic E-state index is 0.0368. The summed E-state index contributed by atoms with van der Waals surface area (Å²) in [5.41, 5.74) is 2.70. The van der Waals surface area contributed by atoms with Gasteiger partial charge in [-0.3, -0.25) is 14.2 Å². The van der Waals surface area contributed by atoms with Crippen LogP contribution in [-0.4, -0.2) is 15.5 Å². The number of rotatable bonds is 5. The van der Waals surface area contributed by atoms with Crippen molar-refractivity contribution in [3.05, 3.63) is 75.8 Å². The largest absolute Gasteiger partial charge is 0.348 e. The Bertz CT molecular complexity index is 990. The first-order valence-electron chi connectivity index (χ1n) is 8.81. The van der Waals surface area contributed by atoms with Crippen LogP contribution < -0.4 is 10.9 Å². The Labute approximate surface area is 152 Å². The zero-order chi connectivity index (χ0) is 18.7. The van der Waals surface area contributed by atoms with Gasteiger partial charge in [-0.1, -0.05) is 48.9 Å². The Morgan fingerprint density at radius 3 is 2.50 bits per heavy atom. The number of aryl methyl sites for hydroxylation is 2. The van der Waals surface area contributed by atoms with Crippen molar-refractivity contribution in [2.24, 2.45) is 0 Å². The highest BCUT2D eigenvalue weighted by molar-refractivity contribution is 5.79. The molecule has 0 saturated carbocycles. The number of nitrogens with one attached hydrogen (secondary N) is 1. The van der Waals surface area contributed by atoms with Gasteiger partial charge in [0.1, 0.15) is 12.4 Å². The van der Waals surface area contributed by atoms with Crippen LogP contribution in [-0.2, 0) is 11.3 Å². The lowest BCUT2D eigenvalue weighted by atomic mass is 10.0. The van der Waals surface area contributed by atoms with Crippen molar-refractivity contribution in [2.75, 3.05) is 0 Å². The molecule has 0 aliphatic rings. The number of amides is 1. The van der Waals surface area contributed by atoms with E-state index in [9.17, 15) is 9.59 Å². The smallest absolute Gasteiger partial charge is 0.261 e. The molecular formula is C21H23N3O2. The van der Waals surface area contributed by atoms with Gasteiger partial charge in [0.2, 0.25) is 5.91 Å². The highest BCUT2D eigenvalue weighted by atomic mass is 16.2. The molecule has 1 atom stereocenters. The Kier molecular flexibility index (Phi) is 5.16. The number of hydrogen-bond donors (Lipinski definition) is 1. The average Bonchev–Trinajstić information content (AvgIpc) is 2.64. The summed E-state index contributed by atoms with van der Waals surface area (Å²) < 4.78 is 1.43. The van der Waals surface area contributed by atoms with E-state index in [4.69, 9.17) is 0 Å². The van der Waals surface area contributed by atoms with E-state index in [1.807, 2.05) is 44.2 Å². The third-order valence-electron chi connectivity index (χ3n) is 4.58. The molecule has 1 aromatic heterocycles. The molecule has 1 heterocycles. The first-order valence-corrected chi connectivity index (χ1v) is 8.81. The fourth-order valence-corrected chi connectivity index (χ4v) is 3.07. The Balaban J connectivity index is 1.82. The number of para-hydroxylation sites is 1. The van der Waals surface area contributed by atoms with Gasteiger partial charge in [-0.25, -0.2) is 4.98 Å². The maximum Gasteiger partial charge on any atom is 0.261 e. The van der Waals surface area contributed by atoms with Crippen molar-refractivity contribution in [3.63, 3.8) is 0 Å². The first kappa shape index (κ1) is 17.9. The molecule has 0 aliphatic heterocycles. The number of carbonyl (C=O) groups excluding carboxylic acids is 1. The summed E-state index contributed by atoms with van der Waals surface area (Å²) in [5.74, 6) is 0.340. The molecule has 0 unspecified atom stereocenters. The fraction of sp³-hybridized carbons (Fsp3) is 0.286. The summed E-state index contributed by atoms with van der Waals surface area (Å²) in [6, 6.07) is 15.2. The van der Waals surface area contributed by atoms with E-state index in [-0.39, 0.29) is 24.1 Å². The first-order chi connectivity index (χ1) is 12.5. The number of fused-ring (bicyclic) bond motifs is 1. The van der Waals surface area contributed by atoms with Gasteiger partial charge in [0.05, 0.1) is 16.9 Å². The van der Waals surface area contributed by atoms with Gasteiger partial charge in [0.15, 0.2) is 0 Å². The molecule has 0 fully saturated rings. The normalized spacial score (nSPS) is 12.1. The molecule has 0 saturated heterocycles. The molecule has 0 radical (unpaired) electrons. The number of aromatic nitrogens is 2.